The van der Waals surface area contributed by atoms with Crippen molar-refractivity contribution in [1.82, 2.24) is 0 Å². The van der Waals surface area contributed by atoms with E-state index >= 15 is 0 Å². The van der Waals surface area contributed by atoms with Gasteiger partial charge in [0.25, 0.3) is 0 Å². The van der Waals surface area contributed by atoms with Gasteiger partial charge < -0.3 is 9.29 Å². The Labute approximate surface area is 113 Å². The summed E-state index contributed by atoms with van der Waals surface area (Å²) >= 11 is -2.18. The second-order valence-electron chi connectivity index (χ2n) is 3.82. The van der Waals surface area contributed by atoms with E-state index in [-0.39, 0.29) is 10.5 Å². The van der Waals surface area contributed by atoms with E-state index in [2.05, 4.69) is 4.74 Å². The van der Waals surface area contributed by atoms with E-state index in [4.69, 9.17) is 0 Å². The number of hydrogen-bond acceptors (Lipinski definition) is 3. The maximum atomic E-state index is 11.4. The number of methoxy groups -OCH3 is 1. The first-order valence-corrected chi connectivity index (χ1v) is 6.63. The summed E-state index contributed by atoms with van der Waals surface area (Å²) in [5.74, 6) is -0.536. The number of rotatable bonds is 3. The van der Waals surface area contributed by atoms with E-state index in [0.29, 0.717) is 5.56 Å². The van der Waals surface area contributed by atoms with E-state index in [1.165, 1.54) is 13.2 Å². The number of ether oxygens (including phenoxy) is 1. The van der Waals surface area contributed by atoms with Crippen LogP contribution in [0, 0.1) is 0 Å². The second kappa shape index (κ2) is 5.77. The van der Waals surface area contributed by atoms with Crippen molar-refractivity contribution in [1.29, 1.82) is 0 Å². The molecule has 0 spiro atoms. The predicted octanol–water partition coefficient (Wildman–Crippen LogP) is 2.72. The first-order chi connectivity index (χ1) is 9.13. The molecular formula is C14H12O4S. The molecule has 0 aromatic heterocycles. The number of carbonyl (C=O) groups is 1. The zero-order chi connectivity index (χ0) is 13.8. The lowest BCUT2D eigenvalue weighted by atomic mass is 10.0. The van der Waals surface area contributed by atoms with Crippen molar-refractivity contribution >= 4 is 17.0 Å². The topological polar surface area (TPSA) is 63.6 Å². The van der Waals surface area contributed by atoms with Crippen molar-refractivity contribution in [3.8, 4) is 11.1 Å². The summed E-state index contributed by atoms with van der Waals surface area (Å²) < 4.78 is 25.4. The second-order valence-corrected chi connectivity index (χ2v) is 4.76. The normalized spacial score (nSPS) is 11.9. The zero-order valence-corrected chi connectivity index (χ0v) is 11.0. The van der Waals surface area contributed by atoms with Crippen LogP contribution in [0.5, 0.6) is 0 Å². The molecule has 4 nitrogen and oxygen atoms in total. The average Bonchev–Trinajstić information content (AvgIpc) is 2.46. The van der Waals surface area contributed by atoms with Gasteiger partial charge in [-0.1, -0.05) is 36.4 Å². The maximum Gasteiger partial charge on any atom is 0.337 e. The van der Waals surface area contributed by atoms with Gasteiger partial charge in [0.1, 0.15) is 0 Å². The highest BCUT2D eigenvalue weighted by Gasteiger charge is 2.14. The smallest absolute Gasteiger partial charge is 0.337 e. The van der Waals surface area contributed by atoms with Gasteiger partial charge in [-0.25, -0.2) is 9.00 Å². The Morgan fingerprint density at radius 2 is 1.84 bits per heavy atom. The fourth-order valence-corrected chi connectivity index (χ4v) is 2.37. The minimum atomic E-state index is -2.18. The first-order valence-electron chi connectivity index (χ1n) is 5.52. The number of hydrogen-bond donors (Lipinski definition) is 1. The van der Waals surface area contributed by atoms with Crippen LogP contribution in [0.4, 0.5) is 0 Å². The van der Waals surface area contributed by atoms with Gasteiger partial charge in [-0.05, 0) is 17.7 Å². The van der Waals surface area contributed by atoms with Gasteiger partial charge in [-0.3, -0.25) is 0 Å². The molecule has 5 heteroatoms. The molecule has 2 rings (SSSR count). The number of benzene rings is 2. The maximum absolute atomic E-state index is 11.4. The predicted molar refractivity (Wildman–Crippen MR) is 72.3 cm³/mol. The summed E-state index contributed by atoms with van der Waals surface area (Å²) in [4.78, 5) is 11.6. The Morgan fingerprint density at radius 1 is 1.16 bits per heavy atom. The summed E-state index contributed by atoms with van der Waals surface area (Å²) in [6, 6.07) is 13.8. The van der Waals surface area contributed by atoms with Crippen molar-refractivity contribution in [2.45, 2.75) is 4.90 Å². The highest BCUT2D eigenvalue weighted by Crippen LogP contribution is 2.27. The summed E-state index contributed by atoms with van der Waals surface area (Å²) in [5, 5.41) is 0. The minimum Gasteiger partial charge on any atom is -0.465 e. The first kappa shape index (κ1) is 13.5. The number of carbonyl (C=O) groups excluding carboxylic acids is 1. The molecule has 98 valence electrons. The van der Waals surface area contributed by atoms with Crippen LogP contribution in [0.1, 0.15) is 10.4 Å². The summed E-state index contributed by atoms with van der Waals surface area (Å²) in [5.41, 5.74) is 1.69. The lowest BCUT2D eigenvalue weighted by Gasteiger charge is -2.08. The van der Waals surface area contributed by atoms with Gasteiger partial charge in [0.05, 0.1) is 17.6 Å². The molecule has 0 heterocycles. The third-order valence-corrected chi connectivity index (χ3v) is 3.39. The lowest BCUT2D eigenvalue weighted by molar-refractivity contribution is 0.0600. The van der Waals surface area contributed by atoms with Crippen LogP contribution < -0.4 is 0 Å². The van der Waals surface area contributed by atoms with Crippen LogP contribution >= 0.6 is 0 Å². The summed E-state index contributed by atoms with van der Waals surface area (Å²) in [7, 11) is 1.27. The van der Waals surface area contributed by atoms with Crippen LogP contribution in [0.3, 0.4) is 0 Å². The molecule has 1 unspecified atom stereocenters. The molecule has 1 N–H and O–H groups in total. The van der Waals surface area contributed by atoms with E-state index in [0.717, 1.165) is 5.56 Å². The molecule has 0 amide bonds. The quantitative estimate of drug-likeness (QED) is 0.691. The highest BCUT2D eigenvalue weighted by molar-refractivity contribution is 7.79. The van der Waals surface area contributed by atoms with Gasteiger partial charge in [0, 0.05) is 5.56 Å². The third kappa shape index (κ3) is 2.89. The monoisotopic (exact) mass is 276 g/mol. The van der Waals surface area contributed by atoms with Gasteiger partial charge in [-0.2, -0.15) is 0 Å². The van der Waals surface area contributed by atoms with Crippen molar-refractivity contribution in [2.75, 3.05) is 7.11 Å². The fourth-order valence-electron chi connectivity index (χ4n) is 1.77. The van der Waals surface area contributed by atoms with Crippen molar-refractivity contribution < 1.29 is 18.3 Å². The van der Waals surface area contributed by atoms with Crippen LogP contribution in [0.2, 0.25) is 0 Å². The Balaban J connectivity index is 2.57. The molecule has 1 atom stereocenters. The van der Waals surface area contributed by atoms with Crippen molar-refractivity contribution in [2.24, 2.45) is 0 Å². The SMILES string of the molecule is COC(=O)c1ccc(-c2ccccc2)c(S(=O)O)c1. The molecule has 0 aliphatic heterocycles. The van der Waals surface area contributed by atoms with Crippen molar-refractivity contribution in [3.63, 3.8) is 0 Å². The molecule has 19 heavy (non-hydrogen) atoms. The molecule has 0 fully saturated rings. The molecule has 0 saturated carbocycles. The molecule has 2 aromatic rings. The van der Waals surface area contributed by atoms with Crippen LogP contribution in [0.15, 0.2) is 53.4 Å². The van der Waals surface area contributed by atoms with Gasteiger partial charge in [-0.15, -0.1) is 0 Å². The molecule has 0 radical (unpaired) electrons. The fraction of sp³-hybridized carbons (Fsp3) is 0.0714. The largest absolute Gasteiger partial charge is 0.465 e. The van der Waals surface area contributed by atoms with Gasteiger partial charge in [0.15, 0.2) is 11.1 Å². The molecule has 0 saturated heterocycles. The van der Waals surface area contributed by atoms with E-state index in [1.54, 1.807) is 12.1 Å². The van der Waals surface area contributed by atoms with Crippen molar-refractivity contribution in [3.05, 3.63) is 54.1 Å². The van der Waals surface area contributed by atoms with E-state index < -0.39 is 17.0 Å². The third-order valence-electron chi connectivity index (χ3n) is 2.68. The Hall–Kier alpha value is -1.98. The van der Waals surface area contributed by atoms with Crippen LogP contribution in [0.25, 0.3) is 11.1 Å². The van der Waals surface area contributed by atoms with Crippen LogP contribution in [-0.2, 0) is 15.8 Å². The highest BCUT2D eigenvalue weighted by atomic mass is 32.2. The molecule has 0 bridgehead atoms. The van der Waals surface area contributed by atoms with Gasteiger partial charge >= 0.3 is 5.97 Å². The Bertz CT molecular complexity index is 623. The zero-order valence-electron chi connectivity index (χ0n) is 10.2. The van der Waals surface area contributed by atoms with Gasteiger partial charge in [0.2, 0.25) is 0 Å². The minimum absolute atomic E-state index is 0.189. The molecular weight excluding hydrogens is 264 g/mol. The van der Waals surface area contributed by atoms with E-state index in [1.807, 2.05) is 30.3 Å². The molecule has 2 aromatic carbocycles. The van der Waals surface area contributed by atoms with E-state index in [9.17, 15) is 13.6 Å². The van der Waals surface area contributed by atoms with Crippen LogP contribution in [-0.4, -0.2) is 21.8 Å². The standard InChI is InChI=1S/C14H12O4S/c1-18-14(15)11-7-8-12(13(9-11)19(16)17)10-5-3-2-4-6-10/h2-9H,1H3,(H,16,17). The lowest BCUT2D eigenvalue weighted by Crippen LogP contribution is -2.03. The summed E-state index contributed by atoms with van der Waals surface area (Å²) in [6.07, 6.45) is 0. The number of esters is 1. The average molecular weight is 276 g/mol. The molecule has 0 aliphatic rings. The summed E-state index contributed by atoms with van der Waals surface area (Å²) in [6.45, 7) is 0. The Morgan fingerprint density at radius 3 is 2.42 bits per heavy atom. The molecule has 0 aliphatic carbocycles. The Kier molecular flexibility index (Phi) is 4.09.